The first-order chi connectivity index (χ1) is 28.8. The van der Waals surface area contributed by atoms with Crippen LogP contribution in [-0.2, 0) is 21.7 Å². The zero-order chi connectivity index (χ0) is 44.4. The van der Waals surface area contributed by atoms with Gasteiger partial charge in [-0.25, -0.2) is 0 Å². The maximum Gasteiger partial charge on any atom is 0.239 e. The van der Waals surface area contributed by atoms with Crippen molar-refractivity contribution >= 4 is 55.4 Å². The lowest BCUT2D eigenvalue weighted by Crippen LogP contribution is -2.63. The predicted octanol–water partition coefficient (Wildman–Crippen LogP) is 15.1. The molecule has 0 radical (unpaired) electrons. The number of allylic oxidation sites excluding steroid dienone is 6. The summed E-state index contributed by atoms with van der Waals surface area (Å²) in [6.45, 7) is 39.4. The average molecular weight is 841 g/mol. The van der Waals surface area contributed by atoms with Gasteiger partial charge in [-0.05, 0) is 160 Å². The minimum atomic E-state index is -0.0301. The van der Waals surface area contributed by atoms with Crippen LogP contribution in [0.4, 0.5) is 17.1 Å². The lowest BCUT2D eigenvalue weighted by molar-refractivity contribution is 0.331. The molecule has 2 atom stereocenters. The minimum Gasteiger partial charge on any atom is -0.335 e. The summed E-state index contributed by atoms with van der Waals surface area (Å²) in [5, 5.41) is 1.42. The highest BCUT2D eigenvalue weighted by Gasteiger charge is 2.55. The molecule has 1 aromatic heterocycles. The molecule has 0 spiro atoms. The average Bonchev–Trinajstić information content (AvgIpc) is 3.55. The molecule has 0 saturated heterocycles. The first-order valence-electron chi connectivity index (χ1n) is 24.1. The first-order valence-corrected chi connectivity index (χ1v) is 24.9. The SMILES string of the molecule is CC1=C(N2C3=CC(C(C)(C)C)=CC4C3B(c3cc5c(cc3N4c3ccc4c(c3)C(C)(C)CCC4(C)C)C(C)(C)CCC5(C)C)c3sc4ccc(C)cc4c32)CCC(C(C)(C)C)=C1. The second-order valence-corrected chi connectivity index (χ2v) is 26.3. The lowest BCUT2D eigenvalue weighted by Gasteiger charge is -2.55. The fourth-order valence-electron chi connectivity index (χ4n) is 12.6. The van der Waals surface area contributed by atoms with Crippen molar-refractivity contribution in [3.8, 4) is 0 Å². The highest BCUT2D eigenvalue weighted by molar-refractivity contribution is 7.32. The number of hydrogen-bond donors (Lipinski definition) is 0. The van der Waals surface area contributed by atoms with E-state index < -0.39 is 0 Å². The van der Waals surface area contributed by atoms with Crippen LogP contribution in [0.2, 0.25) is 5.82 Å². The Bertz CT molecular complexity index is 2710. The van der Waals surface area contributed by atoms with Crippen molar-refractivity contribution in [3.05, 3.63) is 123 Å². The number of nitrogens with zero attached hydrogens (tertiary/aromatic N) is 2. The molecule has 2 aliphatic heterocycles. The third-order valence-corrected chi connectivity index (χ3v) is 18.2. The highest BCUT2D eigenvalue weighted by Crippen LogP contribution is 2.58. The smallest absolute Gasteiger partial charge is 0.239 e. The molecule has 62 heavy (non-hydrogen) atoms. The van der Waals surface area contributed by atoms with Crippen LogP contribution < -0.4 is 20.0 Å². The summed E-state index contributed by atoms with van der Waals surface area (Å²) in [6.07, 6.45) is 15.0. The standard InChI is InChI=1S/C58H73BN2S/c1-34-17-22-49-39(27-34)51-52(62-49)59-44-32-42-43(58(15,16)26-25-57(42,13)14)33-46(44)60(38-19-20-40-41(31-38)56(11,12)24-23-55(40,9)10)47-29-37(54(6,7)8)30-48(50(47)59)61(51)45-21-18-36(28-35(45)2)53(3,4)5/h17,19-20,22,27-33,47,50H,18,21,23-26H2,1-16H3. The van der Waals surface area contributed by atoms with Gasteiger partial charge in [0.05, 0.1) is 11.7 Å². The van der Waals surface area contributed by atoms with E-state index in [-0.39, 0.29) is 51.1 Å². The molecule has 4 heteroatoms. The number of hydrogen-bond acceptors (Lipinski definition) is 3. The Kier molecular flexibility index (Phi) is 9.12. The molecule has 0 saturated carbocycles. The van der Waals surface area contributed by atoms with Crippen LogP contribution in [-0.4, -0.2) is 12.8 Å². The second-order valence-electron chi connectivity index (χ2n) is 25.2. The van der Waals surface area contributed by atoms with Gasteiger partial charge in [-0.15, -0.1) is 11.3 Å². The van der Waals surface area contributed by atoms with Crippen molar-refractivity contribution in [2.45, 2.75) is 183 Å². The molecule has 4 aliphatic carbocycles. The minimum absolute atomic E-state index is 0.0301. The Morgan fingerprint density at radius 2 is 1.27 bits per heavy atom. The predicted molar refractivity (Wildman–Crippen MR) is 272 cm³/mol. The number of benzene rings is 3. The van der Waals surface area contributed by atoms with Gasteiger partial charge in [-0.2, -0.15) is 0 Å². The third-order valence-electron chi connectivity index (χ3n) is 16.9. The number of aryl methyl sites for hydroxylation is 1. The normalized spacial score (nSPS) is 24.4. The maximum absolute atomic E-state index is 2.87. The van der Waals surface area contributed by atoms with E-state index in [1.807, 2.05) is 0 Å². The van der Waals surface area contributed by atoms with Crippen LogP contribution in [0.25, 0.3) is 10.1 Å². The summed E-state index contributed by atoms with van der Waals surface area (Å²) in [5.41, 5.74) is 21.3. The fraction of sp³-hybridized carbons (Fsp3) is 0.517. The largest absolute Gasteiger partial charge is 0.335 e. The van der Waals surface area contributed by atoms with Crippen LogP contribution in [0, 0.1) is 17.8 Å². The van der Waals surface area contributed by atoms with E-state index in [4.69, 9.17) is 0 Å². The Morgan fingerprint density at radius 3 is 1.89 bits per heavy atom. The molecule has 10 rings (SSSR count). The van der Waals surface area contributed by atoms with Gasteiger partial charge in [0.1, 0.15) is 0 Å². The quantitative estimate of drug-likeness (QED) is 0.186. The third kappa shape index (κ3) is 6.29. The summed E-state index contributed by atoms with van der Waals surface area (Å²) in [7, 11) is 0. The Balaban J connectivity index is 1.33. The van der Waals surface area contributed by atoms with Gasteiger partial charge >= 0.3 is 0 Å². The van der Waals surface area contributed by atoms with Crippen LogP contribution in [0.1, 0.15) is 170 Å². The van der Waals surface area contributed by atoms with Crippen molar-refractivity contribution in [3.63, 3.8) is 0 Å². The van der Waals surface area contributed by atoms with Crippen molar-refractivity contribution < 1.29 is 0 Å². The number of thiophene rings is 1. The van der Waals surface area contributed by atoms with Crippen LogP contribution >= 0.6 is 11.3 Å². The molecule has 0 fully saturated rings. The Hall–Kier alpha value is -3.76. The molecule has 6 aliphatic rings. The van der Waals surface area contributed by atoms with Gasteiger partial charge in [0, 0.05) is 43.4 Å². The molecule has 3 heterocycles. The summed E-state index contributed by atoms with van der Waals surface area (Å²) in [4.78, 5) is 5.71. The van der Waals surface area contributed by atoms with Crippen molar-refractivity contribution in [2.24, 2.45) is 10.8 Å². The van der Waals surface area contributed by atoms with Gasteiger partial charge < -0.3 is 9.80 Å². The molecule has 0 bridgehead atoms. The van der Waals surface area contributed by atoms with E-state index in [1.165, 1.54) is 97.5 Å². The van der Waals surface area contributed by atoms with E-state index >= 15 is 0 Å². The molecule has 0 N–H and O–H groups in total. The molecule has 2 nitrogen and oxygen atoms in total. The molecule has 0 amide bonds. The maximum atomic E-state index is 2.87. The van der Waals surface area contributed by atoms with Crippen molar-refractivity contribution in [1.29, 1.82) is 0 Å². The molecule has 4 aromatic rings. The van der Waals surface area contributed by atoms with Gasteiger partial charge in [-0.1, -0.05) is 138 Å². The van der Waals surface area contributed by atoms with Gasteiger partial charge in [0.15, 0.2) is 0 Å². The Labute approximate surface area is 379 Å². The van der Waals surface area contributed by atoms with Crippen LogP contribution in [0.15, 0.2) is 94.9 Å². The molecular formula is C58H73BN2S. The molecule has 2 unspecified atom stereocenters. The van der Waals surface area contributed by atoms with E-state index in [0.29, 0.717) is 0 Å². The molecular weight excluding hydrogens is 768 g/mol. The lowest BCUT2D eigenvalue weighted by atomic mass is 9.30. The number of rotatable bonds is 2. The summed E-state index contributed by atoms with van der Waals surface area (Å²) in [6, 6.07) is 20.6. The molecule has 324 valence electrons. The van der Waals surface area contributed by atoms with Gasteiger partial charge in [-0.3, -0.25) is 0 Å². The second kappa shape index (κ2) is 13.4. The molecule has 3 aromatic carbocycles. The summed E-state index contributed by atoms with van der Waals surface area (Å²) in [5.74, 6) is 0.238. The Morgan fingerprint density at radius 1 is 0.661 bits per heavy atom. The number of fused-ring (bicyclic) bond motifs is 8. The zero-order valence-electron chi connectivity index (χ0n) is 41.1. The van der Waals surface area contributed by atoms with Gasteiger partial charge in [0.2, 0.25) is 6.71 Å². The van der Waals surface area contributed by atoms with E-state index in [9.17, 15) is 0 Å². The number of anilines is 3. The van der Waals surface area contributed by atoms with Crippen LogP contribution in [0.5, 0.6) is 0 Å². The summed E-state index contributed by atoms with van der Waals surface area (Å²) >= 11 is 2.08. The fourth-order valence-corrected chi connectivity index (χ4v) is 14.0. The monoisotopic (exact) mass is 841 g/mol. The van der Waals surface area contributed by atoms with E-state index in [1.54, 1.807) is 21.5 Å². The van der Waals surface area contributed by atoms with E-state index in [2.05, 4.69) is 199 Å². The van der Waals surface area contributed by atoms with Crippen LogP contribution in [0.3, 0.4) is 0 Å². The van der Waals surface area contributed by atoms with Crippen molar-refractivity contribution in [2.75, 3.05) is 9.80 Å². The summed E-state index contributed by atoms with van der Waals surface area (Å²) < 4.78 is 2.96. The van der Waals surface area contributed by atoms with E-state index in [0.717, 1.165) is 12.8 Å². The first kappa shape index (κ1) is 42.2. The zero-order valence-corrected chi connectivity index (χ0v) is 41.9. The van der Waals surface area contributed by atoms with Gasteiger partial charge in [0.25, 0.3) is 0 Å². The van der Waals surface area contributed by atoms with Crippen molar-refractivity contribution in [1.82, 2.24) is 0 Å². The highest BCUT2D eigenvalue weighted by atomic mass is 32.1. The topological polar surface area (TPSA) is 6.48 Å².